The Hall–Kier alpha value is -2.20. The predicted octanol–water partition coefficient (Wildman–Crippen LogP) is 4.89. The molecule has 0 aromatic heterocycles. The first kappa shape index (κ1) is 16.2. The fraction of sp³-hybridized carbons (Fsp3) is 0.133. The van der Waals surface area contributed by atoms with Gasteiger partial charge in [-0.2, -0.15) is 0 Å². The van der Waals surface area contributed by atoms with Crippen LogP contribution in [0.25, 0.3) is 10.4 Å². The van der Waals surface area contributed by atoms with E-state index in [1.807, 2.05) is 0 Å². The van der Waals surface area contributed by atoms with Gasteiger partial charge in [0.05, 0.1) is 0 Å². The molecule has 2 aromatic carbocycles. The van der Waals surface area contributed by atoms with E-state index in [-0.39, 0.29) is 0 Å². The summed E-state index contributed by atoms with van der Waals surface area (Å²) in [5.41, 5.74) is 10.0. The van der Waals surface area contributed by atoms with Crippen LogP contribution in [-0.2, 0) is 4.79 Å². The zero-order valence-corrected chi connectivity index (χ0v) is 12.7. The lowest BCUT2D eigenvalue weighted by Crippen LogP contribution is -2.26. The Bertz CT molecular complexity index is 663. The molecule has 0 saturated carbocycles. The minimum atomic E-state index is -1.27. The topological polar surface area (TPSA) is 86.1 Å². The van der Waals surface area contributed by atoms with E-state index in [9.17, 15) is 9.90 Å². The lowest BCUT2D eigenvalue weighted by atomic mass is 9.85. The van der Waals surface area contributed by atoms with Crippen molar-refractivity contribution in [1.82, 2.24) is 0 Å². The van der Waals surface area contributed by atoms with Gasteiger partial charge in [0.1, 0.15) is 6.04 Å². The van der Waals surface area contributed by atoms with Gasteiger partial charge in [0.25, 0.3) is 0 Å². The largest absolute Gasteiger partial charge is 0.481 e. The van der Waals surface area contributed by atoms with Crippen molar-refractivity contribution in [1.29, 1.82) is 0 Å². The van der Waals surface area contributed by atoms with E-state index in [1.165, 1.54) is 0 Å². The van der Waals surface area contributed by atoms with Crippen LogP contribution in [0.1, 0.15) is 17.0 Å². The number of rotatable bonds is 5. The smallest absolute Gasteiger partial charge is 0.313 e. The number of aliphatic carboxylic acids is 1. The average molecular weight is 336 g/mol. The highest BCUT2D eigenvalue weighted by atomic mass is 35.5. The minimum Gasteiger partial charge on any atom is -0.481 e. The number of azide groups is 1. The van der Waals surface area contributed by atoms with Crippen molar-refractivity contribution in [3.8, 4) is 0 Å². The molecule has 0 radical (unpaired) electrons. The Morgan fingerprint density at radius 2 is 1.41 bits per heavy atom. The van der Waals surface area contributed by atoms with Crippen molar-refractivity contribution in [2.75, 3.05) is 0 Å². The van der Waals surface area contributed by atoms with Gasteiger partial charge in [-0.05, 0) is 40.9 Å². The van der Waals surface area contributed by atoms with Crippen LogP contribution >= 0.6 is 23.2 Å². The first-order valence-corrected chi connectivity index (χ1v) is 7.06. The van der Waals surface area contributed by atoms with Gasteiger partial charge < -0.3 is 5.11 Å². The standard InChI is InChI=1S/C15H11Cl2N3O2/c16-11-5-1-9(2-6-11)13(14(15(21)22)19-20-18)10-3-7-12(17)8-4-10/h1-8,13-14H,(H,21,22). The summed E-state index contributed by atoms with van der Waals surface area (Å²) in [6.07, 6.45) is 0. The van der Waals surface area contributed by atoms with Crippen LogP contribution in [0.2, 0.25) is 10.0 Å². The highest BCUT2D eigenvalue weighted by Crippen LogP contribution is 2.32. The third kappa shape index (κ3) is 3.71. The van der Waals surface area contributed by atoms with Crippen LogP contribution in [0.3, 0.4) is 0 Å². The first-order valence-electron chi connectivity index (χ1n) is 6.31. The molecule has 2 aromatic rings. The van der Waals surface area contributed by atoms with Crippen molar-refractivity contribution in [2.45, 2.75) is 12.0 Å². The molecule has 0 bridgehead atoms. The molecular formula is C15H11Cl2N3O2. The normalized spacial score (nSPS) is 11.8. The van der Waals surface area contributed by atoms with Gasteiger partial charge in [-0.1, -0.05) is 52.6 Å². The molecule has 22 heavy (non-hydrogen) atoms. The molecule has 0 saturated heterocycles. The lowest BCUT2D eigenvalue weighted by molar-refractivity contribution is -0.138. The molecule has 0 aliphatic carbocycles. The maximum atomic E-state index is 11.5. The fourth-order valence-corrected chi connectivity index (χ4v) is 2.46. The van der Waals surface area contributed by atoms with E-state index < -0.39 is 17.9 Å². The average Bonchev–Trinajstić information content (AvgIpc) is 2.50. The molecule has 7 heteroatoms. The predicted molar refractivity (Wildman–Crippen MR) is 85.3 cm³/mol. The van der Waals surface area contributed by atoms with Crippen LogP contribution in [0.15, 0.2) is 53.6 Å². The summed E-state index contributed by atoms with van der Waals surface area (Å²) in [4.78, 5) is 14.2. The van der Waals surface area contributed by atoms with E-state index in [1.54, 1.807) is 48.5 Å². The highest BCUT2D eigenvalue weighted by Gasteiger charge is 2.30. The molecule has 1 atom stereocenters. The molecule has 0 aliphatic heterocycles. The van der Waals surface area contributed by atoms with Gasteiger partial charge in [0.2, 0.25) is 0 Å². The van der Waals surface area contributed by atoms with E-state index in [4.69, 9.17) is 28.7 Å². The molecule has 5 nitrogen and oxygen atoms in total. The zero-order chi connectivity index (χ0) is 16.1. The number of hydrogen-bond donors (Lipinski definition) is 1. The summed E-state index contributed by atoms with van der Waals surface area (Å²) in [5.74, 6) is -1.84. The summed E-state index contributed by atoms with van der Waals surface area (Å²) in [7, 11) is 0. The number of benzene rings is 2. The SMILES string of the molecule is [N-]=[N+]=NC(C(=O)O)C(c1ccc(Cl)cc1)c1ccc(Cl)cc1. The molecule has 0 heterocycles. The van der Waals surface area contributed by atoms with Gasteiger partial charge in [0.15, 0.2) is 0 Å². The number of hydrogen-bond acceptors (Lipinski definition) is 2. The second-order valence-corrected chi connectivity index (χ2v) is 5.44. The Labute approximate surface area is 136 Å². The molecule has 1 N–H and O–H groups in total. The highest BCUT2D eigenvalue weighted by molar-refractivity contribution is 6.30. The number of carboxylic acid groups (broad SMARTS) is 1. The lowest BCUT2D eigenvalue weighted by Gasteiger charge is -2.21. The second kappa shape index (κ2) is 7.18. The Morgan fingerprint density at radius 1 is 1.00 bits per heavy atom. The van der Waals surface area contributed by atoms with E-state index in [0.29, 0.717) is 21.2 Å². The zero-order valence-electron chi connectivity index (χ0n) is 11.2. The van der Waals surface area contributed by atoms with Gasteiger partial charge in [0, 0.05) is 20.9 Å². The van der Waals surface area contributed by atoms with E-state index in [2.05, 4.69) is 10.0 Å². The summed E-state index contributed by atoms with van der Waals surface area (Å²) in [6, 6.07) is 12.2. The van der Waals surface area contributed by atoms with Crippen LogP contribution < -0.4 is 0 Å². The Morgan fingerprint density at radius 3 is 1.73 bits per heavy atom. The van der Waals surface area contributed by atoms with E-state index in [0.717, 1.165) is 0 Å². The number of carboxylic acids is 1. The molecule has 0 aliphatic rings. The number of nitrogens with zero attached hydrogens (tertiary/aromatic N) is 3. The summed E-state index contributed by atoms with van der Waals surface area (Å²) in [5, 5.41) is 13.9. The maximum Gasteiger partial charge on any atom is 0.313 e. The Kier molecular flexibility index (Phi) is 5.28. The third-order valence-corrected chi connectivity index (χ3v) is 3.71. The van der Waals surface area contributed by atoms with Crippen LogP contribution in [-0.4, -0.2) is 17.1 Å². The molecule has 1 unspecified atom stereocenters. The molecule has 112 valence electrons. The van der Waals surface area contributed by atoms with E-state index >= 15 is 0 Å². The molecule has 0 spiro atoms. The van der Waals surface area contributed by atoms with Crippen molar-refractivity contribution >= 4 is 29.2 Å². The van der Waals surface area contributed by atoms with Gasteiger partial charge in [-0.25, -0.2) is 0 Å². The molecule has 0 amide bonds. The van der Waals surface area contributed by atoms with Crippen molar-refractivity contribution in [3.63, 3.8) is 0 Å². The van der Waals surface area contributed by atoms with Crippen molar-refractivity contribution < 1.29 is 9.90 Å². The van der Waals surface area contributed by atoms with Crippen LogP contribution in [0, 0.1) is 0 Å². The third-order valence-electron chi connectivity index (χ3n) is 3.20. The summed E-state index contributed by atoms with van der Waals surface area (Å²) >= 11 is 11.7. The molecular weight excluding hydrogens is 325 g/mol. The van der Waals surface area contributed by atoms with Crippen LogP contribution in [0.5, 0.6) is 0 Å². The number of halogens is 2. The molecule has 2 rings (SSSR count). The van der Waals surface area contributed by atoms with Gasteiger partial charge >= 0.3 is 5.97 Å². The van der Waals surface area contributed by atoms with Crippen molar-refractivity contribution in [2.24, 2.45) is 5.11 Å². The van der Waals surface area contributed by atoms with Crippen LogP contribution in [0.4, 0.5) is 0 Å². The second-order valence-electron chi connectivity index (χ2n) is 4.57. The maximum absolute atomic E-state index is 11.5. The quantitative estimate of drug-likeness (QED) is 0.479. The summed E-state index contributed by atoms with van der Waals surface area (Å²) < 4.78 is 0. The van der Waals surface area contributed by atoms with Gasteiger partial charge in [-0.15, -0.1) is 0 Å². The Balaban J connectivity index is 2.57. The van der Waals surface area contributed by atoms with Crippen molar-refractivity contribution in [3.05, 3.63) is 80.1 Å². The fourth-order valence-electron chi connectivity index (χ4n) is 2.21. The summed E-state index contributed by atoms with van der Waals surface area (Å²) in [6.45, 7) is 0. The molecule has 0 fully saturated rings. The monoisotopic (exact) mass is 335 g/mol. The number of carbonyl (C=O) groups is 1. The first-order chi connectivity index (χ1) is 10.5. The minimum absolute atomic E-state index is 0.536. The van der Waals surface area contributed by atoms with Gasteiger partial charge in [-0.3, -0.25) is 4.79 Å².